The van der Waals surface area contributed by atoms with Crippen molar-refractivity contribution in [3.63, 3.8) is 0 Å². The number of benzene rings is 2. The van der Waals surface area contributed by atoms with Gasteiger partial charge in [0.25, 0.3) is 0 Å². The number of rotatable bonds is 2. The first-order valence-electron chi connectivity index (χ1n) is 5.77. The van der Waals surface area contributed by atoms with E-state index in [1.54, 1.807) is 0 Å². The normalized spacial score (nSPS) is 22.4. The number of hydrogen-bond donors (Lipinski definition) is 1. The van der Waals surface area contributed by atoms with Crippen molar-refractivity contribution in [2.75, 3.05) is 0 Å². The minimum Gasteiger partial charge on any atom is -0.361 e. The Morgan fingerprint density at radius 3 is 2.53 bits per heavy atom. The molecule has 0 aromatic heterocycles. The maximum atomic E-state index is 10.6. The molecule has 1 aliphatic heterocycles. The van der Waals surface area contributed by atoms with E-state index in [1.165, 1.54) is 0 Å². The summed E-state index contributed by atoms with van der Waals surface area (Å²) in [6.45, 7) is 0.486. The van der Waals surface area contributed by atoms with Gasteiger partial charge in [-0.2, -0.15) is 0 Å². The lowest BCUT2D eigenvalue weighted by Gasteiger charge is -2.23. The van der Waals surface area contributed by atoms with Gasteiger partial charge < -0.3 is 9.84 Å². The molecular weight excluding hydrogens is 212 g/mol. The first kappa shape index (κ1) is 10.5. The van der Waals surface area contributed by atoms with Crippen LogP contribution in [0.25, 0.3) is 0 Å². The third-order valence-corrected chi connectivity index (χ3v) is 3.19. The van der Waals surface area contributed by atoms with Gasteiger partial charge >= 0.3 is 0 Å². The smallest absolute Gasteiger partial charge is 0.197 e. The fourth-order valence-electron chi connectivity index (χ4n) is 2.32. The maximum Gasteiger partial charge on any atom is 0.197 e. The molecule has 0 saturated heterocycles. The molecule has 2 heteroatoms. The van der Waals surface area contributed by atoms with E-state index in [0.717, 1.165) is 16.7 Å². The van der Waals surface area contributed by atoms with Gasteiger partial charge in [-0.15, -0.1) is 0 Å². The highest BCUT2D eigenvalue weighted by molar-refractivity contribution is 5.35. The van der Waals surface area contributed by atoms with E-state index in [2.05, 4.69) is 0 Å². The van der Waals surface area contributed by atoms with Crippen LogP contribution >= 0.6 is 0 Å². The lowest BCUT2D eigenvalue weighted by atomic mass is 9.96. The lowest BCUT2D eigenvalue weighted by molar-refractivity contribution is -0.202. The summed E-state index contributed by atoms with van der Waals surface area (Å²) in [7, 11) is 0. The van der Waals surface area contributed by atoms with E-state index in [1.807, 2.05) is 54.6 Å². The van der Waals surface area contributed by atoms with E-state index < -0.39 is 5.79 Å². The quantitative estimate of drug-likeness (QED) is 0.853. The fourth-order valence-corrected chi connectivity index (χ4v) is 2.32. The molecular formula is C15H14O2. The van der Waals surface area contributed by atoms with E-state index in [9.17, 15) is 5.11 Å². The highest BCUT2D eigenvalue weighted by Gasteiger charge is 2.37. The molecule has 0 aliphatic carbocycles. The second kappa shape index (κ2) is 3.99. The van der Waals surface area contributed by atoms with Gasteiger partial charge in [0.15, 0.2) is 5.79 Å². The Kier molecular flexibility index (Phi) is 2.46. The first-order valence-corrected chi connectivity index (χ1v) is 5.77. The van der Waals surface area contributed by atoms with Gasteiger partial charge in [0.05, 0.1) is 6.61 Å². The van der Waals surface area contributed by atoms with Gasteiger partial charge in [-0.1, -0.05) is 54.6 Å². The van der Waals surface area contributed by atoms with Crippen LogP contribution in [0.2, 0.25) is 0 Å². The van der Waals surface area contributed by atoms with Crippen LogP contribution in [-0.4, -0.2) is 5.11 Å². The standard InChI is InChI=1S/C15H14O2/c16-15(10-12-6-2-1-3-7-12)14-9-5-4-8-13(14)11-17-15/h1-9,16H,10-11H2. The van der Waals surface area contributed by atoms with Crippen molar-refractivity contribution < 1.29 is 9.84 Å². The fraction of sp³-hybridized carbons (Fsp3) is 0.200. The van der Waals surface area contributed by atoms with Crippen LogP contribution in [0.3, 0.4) is 0 Å². The van der Waals surface area contributed by atoms with Crippen molar-refractivity contribution in [3.8, 4) is 0 Å². The van der Waals surface area contributed by atoms with E-state index in [4.69, 9.17) is 4.74 Å². The topological polar surface area (TPSA) is 29.5 Å². The van der Waals surface area contributed by atoms with Crippen molar-refractivity contribution >= 4 is 0 Å². The number of fused-ring (bicyclic) bond motifs is 1. The van der Waals surface area contributed by atoms with Crippen LogP contribution in [0.5, 0.6) is 0 Å². The average Bonchev–Trinajstić information content (AvgIpc) is 2.69. The molecule has 0 bridgehead atoms. The Balaban J connectivity index is 1.94. The van der Waals surface area contributed by atoms with Gasteiger partial charge in [-0.3, -0.25) is 0 Å². The van der Waals surface area contributed by atoms with Crippen LogP contribution in [0, 0.1) is 0 Å². The molecule has 0 fully saturated rings. The Labute approximate surface area is 100 Å². The zero-order valence-corrected chi connectivity index (χ0v) is 9.47. The molecule has 2 aromatic carbocycles. The highest BCUT2D eigenvalue weighted by Crippen LogP contribution is 2.36. The van der Waals surface area contributed by atoms with E-state index in [0.29, 0.717) is 13.0 Å². The van der Waals surface area contributed by atoms with Gasteiger partial charge in [-0.05, 0) is 11.1 Å². The molecule has 1 unspecified atom stereocenters. The third kappa shape index (κ3) is 1.86. The van der Waals surface area contributed by atoms with Crippen LogP contribution < -0.4 is 0 Å². The Morgan fingerprint density at radius 1 is 1.00 bits per heavy atom. The van der Waals surface area contributed by atoms with Gasteiger partial charge in [-0.25, -0.2) is 0 Å². The summed E-state index contributed by atoms with van der Waals surface area (Å²) in [6, 6.07) is 17.8. The highest BCUT2D eigenvalue weighted by atomic mass is 16.6. The van der Waals surface area contributed by atoms with Crippen molar-refractivity contribution in [1.82, 2.24) is 0 Å². The van der Waals surface area contributed by atoms with Crippen LogP contribution in [0.15, 0.2) is 54.6 Å². The third-order valence-electron chi connectivity index (χ3n) is 3.19. The molecule has 1 aliphatic rings. The zero-order chi connectivity index (χ0) is 11.7. The molecule has 17 heavy (non-hydrogen) atoms. The lowest BCUT2D eigenvalue weighted by Crippen LogP contribution is -2.27. The molecule has 3 rings (SSSR count). The second-order valence-electron chi connectivity index (χ2n) is 4.39. The summed E-state index contributed by atoms with van der Waals surface area (Å²) in [4.78, 5) is 0. The van der Waals surface area contributed by atoms with Gasteiger partial charge in [0.2, 0.25) is 0 Å². The largest absolute Gasteiger partial charge is 0.361 e. The van der Waals surface area contributed by atoms with Crippen LogP contribution in [0.4, 0.5) is 0 Å². The summed E-state index contributed by atoms with van der Waals surface area (Å²) in [5.41, 5.74) is 3.04. The molecule has 1 atom stereocenters. The maximum absolute atomic E-state index is 10.6. The van der Waals surface area contributed by atoms with Crippen molar-refractivity contribution in [1.29, 1.82) is 0 Å². The second-order valence-corrected chi connectivity index (χ2v) is 4.39. The zero-order valence-electron chi connectivity index (χ0n) is 9.47. The number of ether oxygens (including phenoxy) is 1. The Morgan fingerprint density at radius 2 is 1.71 bits per heavy atom. The van der Waals surface area contributed by atoms with Gasteiger partial charge in [0, 0.05) is 12.0 Å². The molecule has 0 radical (unpaired) electrons. The summed E-state index contributed by atoms with van der Waals surface area (Å²) in [6.07, 6.45) is 0.491. The van der Waals surface area contributed by atoms with Crippen molar-refractivity contribution in [2.24, 2.45) is 0 Å². The summed E-state index contributed by atoms with van der Waals surface area (Å²) >= 11 is 0. The minimum atomic E-state index is -1.17. The molecule has 0 saturated carbocycles. The first-order chi connectivity index (χ1) is 8.28. The summed E-state index contributed by atoms with van der Waals surface area (Å²) < 4.78 is 5.57. The SMILES string of the molecule is OC1(Cc2ccccc2)OCc2ccccc21. The summed E-state index contributed by atoms with van der Waals surface area (Å²) in [5.74, 6) is -1.17. The molecule has 1 N–H and O–H groups in total. The Bertz CT molecular complexity index is 521. The molecule has 0 amide bonds. The van der Waals surface area contributed by atoms with Crippen molar-refractivity contribution in [2.45, 2.75) is 18.8 Å². The van der Waals surface area contributed by atoms with Gasteiger partial charge in [0.1, 0.15) is 0 Å². The molecule has 1 heterocycles. The average molecular weight is 226 g/mol. The molecule has 86 valence electrons. The monoisotopic (exact) mass is 226 g/mol. The van der Waals surface area contributed by atoms with Crippen LogP contribution in [-0.2, 0) is 23.6 Å². The number of aliphatic hydroxyl groups is 1. The number of hydrogen-bond acceptors (Lipinski definition) is 2. The van der Waals surface area contributed by atoms with E-state index in [-0.39, 0.29) is 0 Å². The molecule has 2 nitrogen and oxygen atoms in total. The predicted molar refractivity (Wildman–Crippen MR) is 65.3 cm³/mol. The molecule has 2 aromatic rings. The minimum absolute atomic E-state index is 0.486. The van der Waals surface area contributed by atoms with Crippen molar-refractivity contribution in [3.05, 3.63) is 71.3 Å². The summed E-state index contributed by atoms with van der Waals surface area (Å²) in [5, 5.41) is 10.6. The Hall–Kier alpha value is -1.64. The van der Waals surface area contributed by atoms with E-state index >= 15 is 0 Å². The predicted octanol–water partition coefficient (Wildman–Crippen LogP) is 2.60. The van der Waals surface area contributed by atoms with Crippen LogP contribution in [0.1, 0.15) is 16.7 Å². The molecule has 0 spiro atoms.